The molecule has 0 N–H and O–H groups in total. The minimum absolute atomic E-state index is 0.0390. The van der Waals surface area contributed by atoms with Crippen molar-refractivity contribution >= 4 is 27.4 Å². The van der Waals surface area contributed by atoms with Crippen LogP contribution in [0.15, 0.2) is 24.3 Å². The largest absolute Gasteiger partial charge is 0.541 e. The van der Waals surface area contributed by atoms with Crippen LogP contribution in [0.3, 0.4) is 0 Å². The van der Waals surface area contributed by atoms with Crippen LogP contribution in [0.2, 0.25) is 37.8 Å². The highest BCUT2D eigenvalue weighted by Crippen LogP contribution is 2.51. The molecule has 0 saturated heterocycles. The number of carbonyl (C=O) groups excluding carboxylic acids is 1. The first-order valence-electron chi connectivity index (χ1n) is 10.5. The highest BCUT2D eigenvalue weighted by atomic mass is 28.4. The molecule has 1 heterocycles. The molecule has 0 saturated carbocycles. The second kappa shape index (κ2) is 6.32. The Balaban J connectivity index is 2.09. The monoisotopic (exact) mass is 424 g/mol. The molecule has 0 fully saturated rings. The zero-order chi connectivity index (χ0) is 21.4. The summed E-state index contributed by atoms with van der Waals surface area (Å²) in [5.74, 6) is 1.64. The van der Waals surface area contributed by atoms with Crippen molar-refractivity contribution in [1.82, 2.24) is 0 Å². The zero-order valence-electron chi connectivity index (χ0n) is 18.9. The fraction of sp³-hybridized carbons (Fsp3) is 0.458. The first-order valence-corrected chi connectivity index (χ1v) is 16.9. The van der Waals surface area contributed by atoms with E-state index >= 15 is 0 Å². The number of fused-ring (bicyclic) bond motifs is 4. The summed E-state index contributed by atoms with van der Waals surface area (Å²) in [5, 5.41) is 1.41. The van der Waals surface area contributed by atoms with E-state index in [9.17, 15) is 4.79 Å². The Hall–Kier alpha value is -1.86. The SMILES string of the molecule is CC(C)(C)[Si](C)(C)Oc1c2c(c([Si](C)(C)C)c3c1C(=O)c1ccccc1-3)CCO2. The van der Waals surface area contributed by atoms with Crippen LogP contribution in [-0.4, -0.2) is 28.8 Å². The maximum absolute atomic E-state index is 13.6. The molecule has 0 aromatic heterocycles. The second-order valence-corrected chi connectivity index (χ2v) is 20.6. The normalized spacial score (nSPS) is 15.7. The van der Waals surface area contributed by atoms with E-state index < -0.39 is 16.4 Å². The molecule has 0 amide bonds. The average molecular weight is 425 g/mol. The lowest BCUT2D eigenvalue weighted by Crippen LogP contribution is -2.45. The van der Waals surface area contributed by atoms with Gasteiger partial charge in [0.25, 0.3) is 8.32 Å². The van der Waals surface area contributed by atoms with Gasteiger partial charge < -0.3 is 9.16 Å². The number of benzene rings is 2. The lowest BCUT2D eigenvalue weighted by Gasteiger charge is -2.38. The van der Waals surface area contributed by atoms with Crippen molar-refractivity contribution in [3.05, 3.63) is 41.0 Å². The van der Waals surface area contributed by atoms with Crippen LogP contribution < -0.4 is 14.3 Å². The third-order valence-electron chi connectivity index (χ3n) is 6.69. The number of hydrogen-bond donors (Lipinski definition) is 0. The summed E-state index contributed by atoms with van der Waals surface area (Å²) in [6.45, 7) is 18.9. The van der Waals surface area contributed by atoms with Gasteiger partial charge in [0, 0.05) is 17.5 Å². The first-order chi connectivity index (χ1) is 13.3. The summed E-state index contributed by atoms with van der Waals surface area (Å²) in [6, 6.07) is 8.04. The van der Waals surface area contributed by atoms with E-state index in [0.29, 0.717) is 12.4 Å². The molecule has 2 aromatic carbocycles. The van der Waals surface area contributed by atoms with Crippen molar-refractivity contribution in [2.24, 2.45) is 0 Å². The maximum Gasteiger partial charge on any atom is 0.250 e. The quantitative estimate of drug-likeness (QED) is 0.501. The summed E-state index contributed by atoms with van der Waals surface area (Å²) >= 11 is 0. The number of carbonyl (C=O) groups is 1. The predicted octanol–water partition coefficient (Wildman–Crippen LogP) is 5.76. The Bertz CT molecular complexity index is 1020. The van der Waals surface area contributed by atoms with Crippen LogP contribution in [0, 0.1) is 0 Å². The van der Waals surface area contributed by atoms with Crippen LogP contribution >= 0.6 is 0 Å². The summed E-state index contributed by atoms with van der Waals surface area (Å²) < 4.78 is 13.0. The highest BCUT2D eigenvalue weighted by molar-refractivity contribution is 6.90. The molecule has 2 aliphatic rings. The van der Waals surface area contributed by atoms with Crippen LogP contribution in [0.4, 0.5) is 0 Å². The second-order valence-electron chi connectivity index (χ2n) is 10.8. The third kappa shape index (κ3) is 3.01. The van der Waals surface area contributed by atoms with Gasteiger partial charge in [0.05, 0.1) is 20.2 Å². The van der Waals surface area contributed by atoms with Gasteiger partial charge in [-0.25, -0.2) is 0 Å². The Morgan fingerprint density at radius 2 is 1.59 bits per heavy atom. The van der Waals surface area contributed by atoms with Crippen molar-refractivity contribution < 1.29 is 14.0 Å². The van der Waals surface area contributed by atoms with Gasteiger partial charge in [-0.05, 0) is 34.4 Å². The van der Waals surface area contributed by atoms with Crippen molar-refractivity contribution in [3.63, 3.8) is 0 Å². The molecule has 1 aliphatic carbocycles. The van der Waals surface area contributed by atoms with Gasteiger partial charge in [-0.15, -0.1) is 0 Å². The van der Waals surface area contributed by atoms with E-state index in [4.69, 9.17) is 9.16 Å². The fourth-order valence-electron chi connectivity index (χ4n) is 4.25. The van der Waals surface area contributed by atoms with Crippen molar-refractivity contribution in [3.8, 4) is 22.6 Å². The van der Waals surface area contributed by atoms with Gasteiger partial charge in [-0.3, -0.25) is 4.79 Å². The van der Waals surface area contributed by atoms with Crippen LogP contribution in [0.1, 0.15) is 42.3 Å². The number of ether oxygens (including phenoxy) is 1. The molecule has 1 aliphatic heterocycles. The lowest BCUT2D eigenvalue weighted by atomic mass is 10.00. The molecule has 0 atom stereocenters. The number of rotatable bonds is 3. The van der Waals surface area contributed by atoms with Gasteiger partial charge in [0.2, 0.25) is 0 Å². The molecule has 3 nitrogen and oxygen atoms in total. The maximum atomic E-state index is 13.6. The van der Waals surface area contributed by atoms with Gasteiger partial charge in [-0.2, -0.15) is 0 Å². The highest BCUT2D eigenvalue weighted by Gasteiger charge is 2.45. The van der Waals surface area contributed by atoms with Crippen molar-refractivity contribution in [2.75, 3.05) is 6.61 Å². The van der Waals surface area contributed by atoms with Gasteiger partial charge >= 0.3 is 0 Å². The standard InChI is InChI=1S/C24H32O3Si2/c1-24(2,3)29(7,8)27-22-19-18(15-11-9-10-12-16(15)20(19)25)23(28(4,5)6)17-13-14-26-21(17)22/h9-12H,13-14H2,1-8H3. The molecule has 2 aromatic rings. The molecule has 0 bridgehead atoms. The first kappa shape index (κ1) is 20.4. The molecule has 5 heteroatoms. The van der Waals surface area contributed by atoms with E-state index in [1.807, 2.05) is 18.2 Å². The number of ketones is 1. The average Bonchev–Trinajstić information content (AvgIpc) is 3.17. The van der Waals surface area contributed by atoms with Gasteiger partial charge in [-0.1, -0.05) is 64.7 Å². The topological polar surface area (TPSA) is 35.5 Å². The van der Waals surface area contributed by atoms with Crippen LogP contribution in [0.5, 0.6) is 11.5 Å². The molecule has 0 spiro atoms. The minimum Gasteiger partial charge on any atom is -0.541 e. The number of hydrogen-bond acceptors (Lipinski definition) is 3. The van der Waals surface area contributed by atoms with Crippen molar-refractivity contribution in [1.29, 1.82) is 0 Å². The third-order valence-corrected chi connectivity index (χ3v) is 13.1. The van der Waals surface area contributed by atoms with E-state index in [0.717, 1.165) is 34.4 Å². The zero-order valence-corrected chi connectivity index (χ0v) is 20.9. The van der Waals surface area contributed by atoms with E-state index in [-0.39, 0.29) is 10.8 Å². The Labute approximate surface area is 176 Å². The van der Waals surface area contributed by atoms with E-state index in [1.54, 1.807) is 0 Å². The summed E-state index contributed by atoms with van der Waals surface area (Å²) in [6.07, 6.45) is 0.895. The van der Waals surface area contributed by atoms with Crippen LogP contribution in [-0.2, 0) is 6.42 Å². The lowest BCUT2D eigenvalue weighted by molar-refractivity contribution is 0.104. The Morgan fingerprint density at radius 1 is 0.966 bits per heavy atom. The smallest absolute Gasteiger partial charge is 0.250 e. The van der Waals surface area contributed by atoms with Gasteiger partial charge in [0.15, 0.2) is 17.3 Å². The molecule has 0 unspecified atom stereocenters. The summed E-state index contributed by atoms with van der Waals surface area (Å²) in [5.41, 5.74) is 5.02. The van der Waals surface area contributed by atoms with Crippen LogP contribution in [0.25, 0.3) is 11.1 Å². The summed E-state index contributed by atoms with van der Waals surface area (Å²) in [7, 11) is -3.89. The minimum atomic E-state index is -2.15. The summed E-state index contributed by atoms with van der Waals surface area (Å²) in [4.78, 5) is 13.6. The Morgan fingerprint density at radius 3 is 2.17 bits per heavy atom. The van der Waals surface area contributed by atoms with Gasteiger partial charge in [0.1, 0.15) is 0 Å². The molecule has 4 rings (SSSR count). The predicted molar refractivity (Wildman–Crippen MR) is 125 cm³/mol. The molecular formula is C24H32O3Si2. The molecule has 29 heavy (non-hydrogen) atoms. The Kier molecular flexibility index (Phi) is 4.45. The van der Waals surface area contributed by atoms with E-state index in [1.165, 1.54) is 10.8 Å². The molecule has 0 radical (unpaired) electrons. The van der Waals surface area contributed by atoms with Crippen molar-refractivity contribution in [2.45, 2.75) is 65.0 Å². The fourth-order valence-corrected chi connectivity index (χ4v) is 7.42. The molecule has 154 valence electrons. The van der Waals surface area contributed by atoms with E-state index in [2.05, 4.69) is 59.6 Å². The molecular weight excluding hydrogens is 392 g/mol.